The zero-order chi connectivity index (χ0) is 28.2. The summed E-state index contributed by atoms with van der Waals surface area (Å²) in [6.07, 6.45) is -0.806. The van der Waals surface area contributed by atoms with Gasteiger partial charge in [-0.2, -0.15) is 0 Å². The van der Waals surface area contributed by atoms with Crippen LogP contribution >= 0.6 is 11.3 Å². The van der Waals surface area contributed by atoms with E-state index < -0.39 is 22.9 Å². The molecule has 3 aromatic carbocycles. The van der Waals surface area contributed by atoms with Crippen molar-refractivity contribution >= 4 is 45.1 Å². The highest BCUT2D eigenvalue weighted by atomic mass is 32.1. The number of benzene rings is 3. The number of H-pyrrole nitrogens is 1. The van der Waals surface area contributed by atoms with E-state index in [4.69, 9.17) is 9.47 Å². The Bertz CT molecular complexity index is 1710. The third kappa shape index (κ3) is 5.66. The Labute approximate surface area is 232 Å². The van der Waals surface area contributed by atoms with Gasteiger partial charge in [-0.3, -0.25) is 20.2 Å². The lowest BCUT2D eigenvalue weighted by Crippen LogP contribution is -2.32. The van der Waals surface area contributed by atoms with E-state index in [1.54, 1.807) is 49.7 Å². The number of imidazole rings is 1. The van der Waals surface area contributed by atoms with Crippen molar-refractivity contribution in [1.82, 2.24) is 15.0 Å². The number of esters is 1. The van der Waals surface area contributed by atoms with Crippen LogP contribution in [0.25, 0.3) is 33.7 Å². The predicted molar refractivity (Wildman–Crippen MR) is 150 cm³/mol. The maximum absolute atomic E-state index is 12.9. The molecule has 2 heterocycles. The number of nitrogens with one attached hydrogen (secondary N) is 2. The molecule has 12 heteroatoms. The van der Waals surface area contributed by atoms with Crippen LogP contribution < -0.4 is 10.1 Å². The Hall–Kier alpha value is -5.10. The molecule has 1 amide bonds. The quantitative estimate of drug-likeness (QED) is 0.130. The van der Waals surface area contributed by atoms with E-state index in [2.05, 4.69) is 20.3 Å². The first kappa shape index (κ1) is 26.5. The third-order valence-electron chi connectivity index (χ3n) is 6.08. The van der Waals surface area contributed by atoms with E-state index in [9.17, 15) is 19.7 Å². The molecule has 0 spiro atoms. The number of ether oxygens (including phenoxy) is 2. The van der Waals surface area contributed by atoms with Crippen molar-refractivity contribution in [3.8, 4) is 28.4 Å². The van der Waals surface area contributed by atoms with Crippen LogP contribution in [0.4, 0.5) is 10.8 Å². The molecule has 0 saturated heterocycles. The van der Waals surface area contributed by atoms with Crippen molar-refractivity contribution in [3.63, 3.8) is 0 Å². The maximum Gasteiger partial charge on any atom is 0.338 e. The van der Waals surface area contributed by atoms with Crippen molar-refractivity contribution in [2.75, 3.05) is 12.4 Å². The van der Waals surface area contributed by atoms with Gasteiger partial charge in [0, 0.05) is 28.6 Å². The van der Waals surface area contributed by atoms with Gasteiger partial charge in [0.25, 0.3) is 11.6 Å². The maximum atomic E-state index is 12.9. The first-order valence-corrected chi connectivity index (χ1v) is 13.1. The lowest BCUT2D eigenvalue weighted by Gasteiger charge is -2.15. The van der Waals surface area contributed by atoms with E-state index in [0.717, 1.165) is 22.6 Å². The van der Waals surface area contributed by atoms with Gasteiger partial charge in [-0.1, -0.05) is 19.1 Å². The highest BCUT2D eigenvalue weighted by molar-refractivity contribution is 7.14. The number of hydrogen-bond donors (Lipinski definition) is 2. The predicted octanol–water partition coefficient (Wildman–Crippen LogP) is 5.84. The average molecular weight is 558 g/mol. The number of carbonyl (C=O) groups excluding carboxylic acids is 2. The Morgan fingerprint density at radius 3 is 2.60 bits per heavy atom. The van der Waals surface area contributed by atoms with Crippen LogP contribution in [0.3, 0.4) is 0 Å². The van der Waals surface area contributed by atoms with Crippen LogP contribution in [-0.2, 0) is 9.53 Å². The number of nitro groups is 1. The number of carbonyl (C=O) groups is 2. The monoisotopic (exact) mass is 557 g/mol. The molecule has 0 saturated carbocycles. The molecule has 202 valence electrons. The number of nitrogens with zero attached hydrogens (tertiary/aromatic N) is 3. The van der Waals surface area contributed by atoms with E-state index in [1.807, 2.05) is 24.3 Å². The molecule has 5 rings (SSSR count). The fraction of sp³-hybridized carbons (Fsp3) is 0.143. The van der Waals surface area contributed by atoms with Gasteiger partial charge in [0.2, 0.25) is 0 Å². The van der Waals surface area contributed by atoms with Gasteiger partial charge in [0.05, 0.1) is 34.3 Å². The van der Waals surface area contributed by atoms with Crippen molar-refractivity contribution in [2.45, 2.75) is 19.4 Å². The van der Waals surface area contributed by atoms with E-state index >= 15 is 0 Å². The number of nitro benzene ring substituents is 1. The topological polar surface area (TPSA) is 149 Å². The Morgan fingerprint density at radius 2 is 1.88 bits per heavy atom. The molecule has 40 heavy (non-hydrogen) atoms. The highest BCUT2D eigenvalue weighted by Gasteiger charge is 2.24. The number of rotatable bonds is 9. The first-order valence-electron chi connectivity index (χ1n) is 12.2. The van der Waals surface area contributed by atoms with Gasteiger partial charge in [-0.25, -0.2) is 14.8 Å². The number of thiazole rings is 1. The summed E-state index contributed by atoms with van der Waals surface area (Å²) in [5, 5.41) is 15.7. The van der Waals surface area contributed by atoms with Crippen LogP contribution in [0.5, 0.6) is 5.75 Å². The van der Waals surface area contributed by atoms with E-state index in [0.29, 0.717) is 28.1 Å². The summed E-state index contributed by atoms with van der Waals surface area (Å²) in [7, 11) is 1.60. The van der Waals surface area contributed by atoms with Gasteiger partial charge in [0.1, 0.15) is 11.6 Å². The smallest absolute Gasteiger partial charge is 0.338 e. The molecule has 0 radical (unpaired) electrons. The molecule has 0 aliphatic heterocycles. The normalized spacial score (nSPS) is 11.7. The molecule has 11 nitrogen and oxygen atoms in total. The van der Waals surface area contributed by atoms with Gasteiger partial charge < -0.3 is 14.5 Å². The molecule has 1 atom stereocenters. The van der Waals surface area contributed by atoms with Gasteiger partial charge in [0.15, 0.2) is 11.2 Å². The van der Waals surface area contributed by atoms with Crippen molar-refractivity contribution in [2.24, 2.45) is 0 Å². The van der Waals surface area contributed by atoms with Crippen LogP contribution in [-0.4, -0.2) is 45.0 Å². The van der Waals surface area contributed by atoms with Crippen molar-refractivity contribution in [3.05, 3.63) is 87.8 Å². The van der Waals surface area contributed by atoms with Crippen LogP contribution in [0.15, 0.2) is 72.1 Å². The fourth-order valence-corrected chi connectivity index (χ4v) is 4.69. The fourth-order valence-electron chi connectivity index (χ4n) is 3.97. The summed E-state index contributed by atoms with van der Waals surface area (Å²) in [4.78, 5) is 48.5. The molecular formula is C28H23N5O6S. The van der Waals surface area contributed by atoms with Crippen molar-refractivity contribution < 1.29 is 24.0 Å². The molecule has 0 fully saturated rings. The number of methoxy groups -OCH3 is 1. The minimum absolute atomic E-state index is 0.0562. The molecule has 2 aromatic heterocycles. The van der Waals surface area contributed by atoms with Crippen LogP contribution in [0, 0.1) is 10.1 Å². The SMILES string of the molecule is CCC(OC(=O)c1ccc2nc(-c3ccc(OC)cc3)[nH]c2c1)C(=O)Nc1nc(-c2cccc([N+](=O)[O-])c2)cs1. The van der Waals surface area contributed by atoms with Crippen LogP contribution in [0.1, 0.15) is 23.7 Å². The average Bonchev–Trinajstić information content (AvgIpc) is 3.62. The molecule has 2 N–H and O–H groups in total. The van der Waals surface area contributed by atoms with Gasteiger partial charge >= 0.3 is 5.97 Å². The number of aromatic nitrogens is 3. The van der Waals surface area contributed by atoms with Crippen molar-refractivity contribution in [1.29, 1.82) is 0 Å². The number of non-ortho nitro benzene ring substituents is 1. The number of anilines is 1. The summed E-state index contributed by atoms with van der Waals surface area (Å²) in [5.41, 5.74) is 3.43. The highest BCUT2D eigenvalue weighted by Crippen LogP contribution is 2.28. The zero-order valence-corrected chi connectivity index (χ0v) is 22.2. The minimum atomic E-state index is -1.05. The second kappa shape index (κ2) is 11.3. The summed E-state index contributed by atoms with van der Waals surface area (Å²) in [6, 6.07) is 18.4. The summed E-state index contributed by atoms with van der Waals surface area (Å²) < 4.78 is 10.7. The second-order valence-corrected chi connectivity index (χ2v) is 9.54. The van der Waals surface area contributed by atoms with E-state index in [1.165, 1.54) is 12.1 Å². The number of hydrogen-bond acceptors (Lipinski definition) is 9. The van der Waals surface area contributed by atoms with Crippen LogP contribution in [0.2, 0.25) is 0 Å². The lowest BCUT2D eigenvalue weighted by atomic mass is 10.1. The molecule has 0 bridgehead atoms. The summed E-state index contributed by atoms with van der Waals surface area (Å²) >= 11 is 1.16. The standard InChI is InChI=1S/C28H23N5O6S/c1-3-24(26(34)32-28-31-23(15-40-28)17-5-4-6-19(13-17)33(36)37)39-27(35)18-9-12-21-22(14-18)30-25(29-21)16-7-10-20(38-2)11-8-16/h4-15,24H,3H2,1-2H3,(H,29,30)(H,31,32,34). The minimum Gasteiger partial charge on any atom is -0.497 e. The molecule has 1 unspecified atom stereocenters. The summed E-state index contributed by atoms with van der Waals surface area (Å²) in [5.74, 6) is 0.195. The Morgan fingerprint density at radius 1 is 1.07 bits per heavy atom. The first-order chi connectivity index (χ1) is 19.3. The molecule has 0 aliphatic carbocycles. The number of fused-ring (bicyclic) bond motifs is 1. The lowest BCUT2D eigenvalue weighted by molar-refractivity contribution is -0.384. The Kier molecular flexibility index (Phi) is 7.51. The second-order valence-electron chi connectivity index (χ2n) is 8.68. The molecule has 0 aliphatic rings. The number of aromatic amines is 1. The van der Waals surface area contributed by atoms with Gasteiger partial charge in [-0.05, 0) is 48.9 Å². The number of amides is 1. The third-order valence-corrected chi connectivity index (χ3v) is 6.84. The largest absolute Gasteiger partial charge is 0.497 e. The summed E-state index contributed by atoms with van der Waals surface area (Å²) in [6.45, 7) is 1.73. The van der Waals surface area contributed by atoms with E-state index in [-0.39, 0.29) is 22.8 Å². The molecular weight excluding hydrogens is 534 g/mol. The Balaban J connectivity index is 1.26. The molecule has 5 aromatic rings. The zero-order valence-electron chi connectivity index (χ0n) is 21.4. The van der Waals surface area contributed by atoms with Gasteiger partial charge in [-0.15, -0.1) is 11.3 Å².